The molecule has 1 heterocycles. The second-order valence-corrected chi connectivity index (χ2v) is 6.58. The molecule has 1 aromatic rings. The van der Waals surface area contributed by atoms with Gasteiger partial charge in [-0.15, -0.1) is 0 Å². The van der Waals surface area contributed by atoms with Crippen molar-refractivity contribution < 1.29 is 13.9 Å². The zero-order chi connectivity index (χ0) is 14.9. The highest BCUT2D eigenvalue weighted by Gasteiger charge is 2.40. The smallest absolute Gasteiger partial charge is 0.376 e. The highest BCUT2D eigenvalue weighted by atomic mass is 16.5. The van der Waals surface area contributed by atoms with Crippen molar-refractivity contribution in [3.8, 4) is 0 Å². The molecule has 0 aliphatic heterocycles. The summed E-state index contributed by atoms with van der Waals surface area (Å²) in [6.45, 7) is 10.7. The van der Waals surface area contributed by atoms with E-state index in [1.165, 1.54) is 12.8 Å². The number of ether oxygens (including phenoxy) is 1. The number of carbonyl (C=O) groups excluding carboxylic acids is 1. The van der Waals surface area contributed by atoms with E-state index in [9.17, 15) is 4.79 Å². The fourth-order valence-electron chi connectivity index (χ4n) is 3.02. The van der Waals surface area contributed by atoms with Crippen LogP contribution in [-0.2, 0) is 4.74 Å². The summed E-state index contributed by atoms with van der Waals surface area (Å²) in [5, 5.41) is 0. The number of rotatable bonds is 4. The SMILES string of the molecule is CCOC(=O)c1oc(C2CCCC2(C)C)nc1C(C)C. The van der Waals surface area contributed by atoms with Gasteiger partial charge in [0.25, 0.3) is 0 Å². The lowest BCUT2D eigenvalue weighted by Crippen LogP contribution is -2.15. The summed E-state index contributed by atoms with van der Waals surface area (Å²) in [6.07, 6.45) is 3.44. The van der Waals surface area contributed by atoms with Gasteiger partial charge in [0.1, 0.15) is 0 Å². The highest BCUT2D eigenvalue weighted by Crippen LogP contribution is 2.48. The van der Waals surface area contributed by atoms with E-state index in [-0.39, 0.29) is 11.3 Å². The molecule has 0 saturated heterocycles. The molecule has 0 amide bonds. The summed E-state index contributed by atoms with van der Waals surface area (Å²) < 4.78 is 10.9. The van der Waals surface area contributed by atoms with E-state index >= 15 is 0 Å². The Hall–Kier alpha value is -1.32. The average molecular weight is 279 g/mol. The Kier molecular flexibility index (Phi) is 4.21. The lowest BCUT2D eigenvalue weighted by Gasteiger charge is -2.23. The number of carbonyl (C=O) groups is 1. The Balaban J connectivity index is 2.37. The van der Waals surface area contributed by atoms with Gasteiger partial charge in [-0.05, 0) is 31.1 Å². The van der Waals surface area contributed by atoms with Crippen molar-refractivity contribution in [1.82, 2.24) is 4.98 Å². The van der Waals surface area contributed by atoms with Crippen molar-refractivity contribution in [3.05, 3.63) is 17.3 Å². The van der Waals surface area contributed by atoms with Crippen molar-refractivity contribution in [2.45, 2.75) is 65.7 Å². The van der Waals surface area contributed by atoms with E-state index in [0.29, 0.717) is 24.2 Å². The third-order valence-electron chi connectivity index (χ3n) is 4.23. The van der Waals surface area contributed by atoms with Gasteiger partial charge in [0.15, 0.2) is 5.89 Å². The first-order valence-electron chi connectivity index (χ1n) is 7.54. The summed E-state index contributed by atoms with van der Waals surface area (Å²) in [6, 6.07) is 0. The molecule has 0 spiro atoms. The zero-order valence-corrected chi connectivity index (χ0v) is 13.2. The summed E-state index contributed by atoms with van der Waals surface area (Å²) >= 11 is 0. The predicted octanol–water partition coefficient (Wildman–Crippen LogP) is 4.27. The molecule has 1 unspecified atom stereocenters. The third kappa shape index (κ3) is 2.74. The molecule has 1 saturated carbocycles. The minimum absolute atomic E-state index is 0.149. The van der Waals surface area contributed by atoms with Crippen molar-refractivity contribution >= 4 is 5.97 Å². The second kappa shape index (κ2) is 5.58. The number of nitrogens with zero attached hydrogens (tertiary/aromatic N) is 1. The van der Waals surface area contributed by atoms with Crippen LogP contribution in [-0.4, -0.2) is 17.6 Å². The van der Waals surface area contributed by atoms with E-state index < -0.39 is 5.97 Å². The number of hydrogen-bond acceptors (Lipinski definition) is 4. The molecule has 0 aromatic carbocycles. The minimum Gasteiger partial charge on any atom is -0.460 e. The summed E-state index contributed by atoms with van der Waals surface area (Å²) in [7, 11) is 0. The lowest BCUT2D eigenvalue weighted by molar-refractivity contribution is 0.0483. The number of oxazole rings is 1. The van der Waals surface area contributed by atoms with Gasteiger partial charge in [-0.3, -0.25) is 0 Å². The van der Waals surface area contributed by atoms with Crippen LogP contribution in [0.2, 0.25) is 0 Å². The maximum Gasteiger partial charge on any atom is 0.376 e. The van der Waals surface area contributed by atoms with Gasteiger partial charge >= 0.3 is 5.97 Å². The minimum atomic E-state index is -0.397. The average Bonchev–Trinajstić information content (AvgIpc) is 2.92. The summed E-state index contributed by atoms with van der Waals surface area (Å²) in [5.74, 6) is 1.05. The van der Waals surface area contributed by atoms with E-state index in [2.05, 4.69) is 18.8 Å². The number of esters is 1. The van der Waals surface area contributed by atoms with Crippen LogP contribution in [0.4, 0.5) is 0 Å². The molecule has 0 bridgehead atoms. The molecule has 1 fully saturated rings. The molecule has 1 atom stereocenters. The van der Waals surface area contributed by atoms with E-state index in [1.54, 1.807) is 6.92 Å². The fraction of sp³-hybridized carbons (Fsp3) is 0.750. The molecular formula is C16H25NO3. The van der Waals surface area contributed by atoms with Crippen molar-refractivity contribution in [2.75, 3.05) is 6.61 Å². The van der Waals surface area contributed by atoms with E-state index in [0.717, 1.165) is 12.1 Å². The predicted molar refractivity (Wildman–Crippen MR) is 76.9 cm³/mol. The maximum atomic E-state index is 12.0. The van der Waals surface area contributed by atoms with Gasteiger partial charge in [0.2, 0.25) is 5.76 Å². The third-order valence-corrected chi connectivity index (χ3v) is 4.23. The van der Waals surface area contributed by atoms with Gasteiger partial charge in [0, 0.05) is 5.92 Å². The largest absolute Gasteiger partial charge is 0.460 e. The molecule has 1 aliphatic carbocycles. The normalized spacial score (nSPS) is 21.4. The quantitative estimate of drug-likeness (QED) is 0.772. The molecule has 0 N–H and O–H groups in total. The Morgan fingerprint density at radius 3 is 2.70 bits per heavy atom. The molecule has 2 rings (SSSR count). The molecule has 0 radical (unpaired) electrons. The second-order valence-electron chi connectivity index (χ2n) is 6.58. The van der Waals surface area contributed by atoms with Crippen LogP contribution in [0.3, 0.4) is 0 Å². The van der Waals surface area contributed by atoms with Crippen molar-refractivity contribution in [1.29, 1.82) is 0 Å². The Morgan fingerprint density at radius 1 is 1.50 bits per heavy atom. The first-order chi connectivity index (χ1) is 9.36. The Bertz CT molecular complexity index is 488. The van der Waals surface area contributed by atoms with Gasteiger partial charge in [-0.1, -0.05) is 34.1 Å². The Labute approximate surface area is 120 Å². The fourth-order valence-corrected chi connectivity index (χ4v) is 3.02. The Morgan fingerprint density at radius 2 is 2.20 bits per heavy atom. The van der Waals surface area contributed by atoms with Crippen LogP contribution in [0.15, 0.2) is 4.42 Å². The number of hydrogen-bond donors (Lipinski definition) is 0. The van der Waals surface area contributed by atoms with Crippen molar-refractivity contribution in [3.63, 3.8) is 0 Å². The first-order valence-corrected chi connectivity index (χ1v) is 7.54. The molecular weight excluding hydrogens is 254 g/mol. The van der Waals surface area contributed by atoms with E-state index in [1.807, 2.05) is 13.8 Å². The molecule has 4 nitrogen and oxygen atoms in total. The van der Waals surface area contributed by atoms with Gasteiger partial charge in [0.05, 0.1) is 12.3 Å². The summed E-state index contributed by atoms with van der Waals surface area (Å²) in [4.78, 5) is 16.6. The molecule has 4 heteroatoms. The van der Waals surface area contributed by atoms with Crippen LogP contribution in [0, 0.1) is 5.41 Å². The summed E-state index contributed by atoms with van der Waals surface area (Å²) in [5.41, 5.74) is 0.909. The van der Waals surface area contributed by atoms with Crippen LogP contribution >= 0.6 is 0 Å². The molecule has 112 valence electrons. The van der Waals surface area contributed by atoms with E-state index in [4.69, 9.17) is 9.15 Å². The highest BCUT2D eigenvalue weighted by molar-refractivity contribution is 5.87. The van der Waals surface area contributed by atoms with Gasteiger partial charge < -0.3 is 9.15 Å². The zero-order valence-electron chi connectivity index (χ0n) is 13.2. The molecule has 1 aromatic heterocycles. The van der Waals surface area contributed by atoms with Gasteiger partial charge in [-0.25, -0.2) is 9.78 Å². The van der Waals surface area contributed by atoms with Crippen molar-refractivity contribution in [2.24, 2.45) is 5.41 Å². The topological polar surface area (TPSA) is 52.3 Å². The standard InChI is InChI=1S/C16H25NO3/c1-6-19-15(18)13-12(10(2)3)17-14(20-13)11-8-7-9-16(11,4)5/h10-11H,6-9H2,1-5H3. The monoisotopic (exact) mass is 279 g/mol. The van der Waals surface area contributed by atoms with Gasteiger partial charge in [-0.2, -0.15) is 0 Å². The van der Waals surface area contributed by atoms with Crippen LogP contribution < -0.4 is 0 Å². The molecule has 20 heavy (non-hydrogen) atoms. The lowest BCUT2D eigenvalue weighted by atomic mass is 9.82. The first kappa shape index (κ1) is 15.1. The van der Waals surface area contributed by atoms with Crippen LogP contribution in [0.5, 0.6) is 0 Å². The van der Waals surface area contributed by atoms with Crippen LogP contribution in [0.25, 0.3) is 0 Å². The molecule has 1 aliphatic rings. The maximum absolute atomic E-state index is 12.0. The number of aromatic nitrogens is 1. The van der Waals surface area contributed by atoms with Crippen LogP contribution in [0.1, 0.15) is 87.9 Å².